The smallest absolute Gasteiger partial charge is 0.226 e. The van der Waals surface area contributed by atoms with E-state index in [0.29, 0.717) is 30.7 Å². The topological polar surface area (TPSA) is 56.4 Å². The molecule has 1 aromatic heterocycles. The second-order valence-electron chi connectivity index (χ2n) is 12.0. The average Bonchev–Trinajstić information content (AvgIpc) is 3.32. The molecule has 4 rings (SSSR count). The average molecular weight is 530 g/mol. The van der Waals surface area contributed by atoms with Crippen molar-refractivity contribution in [2.75, 3.05) is 26.7 Å². The van der Waals surface area contributed by atoms with Gasteiger partial charge in [-0.15, -0.1) is 0 Å². The Morgan fingerprint density at radius 3 is 2.49 bits per heavy atom. The first kappa shape index (κ1) is 28.9. The van der Waals surface area contributed by atoms with Crippen molar-refractivity contribution < 1.29 is 9.59 Å². The van der Waals surface area contributed by atoms with Gasteiger partial charge in [-0.25, -0.2) is 0 Å². The summed E-state index contributed by atoms with van der Waals surface area (Å²) in [6, 6.07) is 6.89. The van der Waals surface area contributed by atoms with Crippen LogP contribution in [0, 0.1) is 11.8 Å². The standard InChI is InChI=1S/C34H47N3O2/c1-8-10-27(19-24(6)23(5)9-2)33-32(22(3)4)29-20-26(11-12-30(29)35-33)25-14-17-37(18-15-25)34(39)28-13-16-36(7)31(38)21-28/h8,10-12,19-20,22-23,25,28,35H,1,9,13-18,21H2,2-7H3/b24-19-,27-10+. The third-order valence-electron chi connectivity index (χ3n) is 9.09. The summed E-state index contributed by atoms with van der Waals surface area (Å²) in [5.74, 6) is 1.45. The van der Waals surface area contributed by atoms with Crippen LogP contribution >= 0.6 is 0 Å². The van der Waals surface area contributed by atoms with Crippen LogP contribution in [0.2, 0.25) is 0 Å². The van der Waals surface area contributed by atoms with Crippen molar-refractivity contribution in [2.45, 2.75) is 78.6 Å². The van der Waals surface area contributed by atoms with Gasteiger partial charge in [0.05, 0.1) is 0 Å². The number of hydrogen-bond donors (Lipinski definition) is 1. The Kier molecular flexibility index (Phi) is 9.19. The number of nitrogens with one attached hydrogen (secondary N) is 1. The van der Waals surface area contributed by atoms with Crippen LogP contribution in [0.4, 0.5) is 0 Å². The second-order valence-corrected chi connectivity index (χ2v) is 12.0. The van der Waals surface area contributed by atoms with Crippen LogP contribution in [0.1, 0.15) is 95.4 Å². The number of aromatic nitrogens is 1. The molecule has 2 saturated heterocycles. The second kappa shape index (κ2) is 12.4. The summed E-state index contributed by atoms with van der Waals surface area (Å²) >= 11 is 0. The largest absolute Gasteiger partial charge is 0.354 e. The maximum atomic E-state index is 13.1. The zero-order valence-corrected chi connectivity index (χ0v) is 24.8. The predicted octanol–water partition coefficient (Wildman–Crippen LogP) is 7.43. The first-order valence-corrected chi connectivity index (χ1v) is 14.8. The van der Waals surface area contributed by atoms with E-state index >= 15 is 0 Å². The van der Waals surface area contributed by atoms with Crippen molar-refractivity contribution in [3.8, 4) is 0 Å². The molecule has 2 fully saturated rings. The molecule has 0 spiro atoms. The van der Waals surface area contributed by atoms with E-state index in [1.54, 1.807) is 4.90 Å². The Morgan fingerprint density at radius 2 is 1.87 bits per heavy atom. The number of amides is 2. The Hall–Kier alpha value is -3.08. The van der Waals surface area contributed by atoms with Crippen LogP contribution in [-0.2, 0) is 9.59 Å². The van der Waals surface area contributed by atoms with Gasteiger partial charge in [0.1, 0.15) is 0 Å². The van der Waals surface area contributed by atoms with Gasteiger partial charge in [0, 0.05) is 55.6 Å². The molecule has 2 aromatic rings. The lowest BCUT2D eigenvalue weighted by Crippen LogP contribution is -2.46. The minimum atomic E-state index is -0.149. The highest BCUT2D eigenvalue weighted by Gasteiger charge is 2.33. The number of fused-ring (bicyclic) bond motifs is 1. The fourth-order valence-corrected chi connectivity index (χ4v) is 6.20. The quantitative estimate of drug-likeness (QED) is 0.362. The van der Waals surface area contributed by atoms with Crippen LogP contribution in [0.3, 0.4) is 0 Å². The normalized spacial score (nSPS) is 20.7. The summed E-state index contributed by atoms with van der Waals surface area (Å²) in [6.45, 7) is 17.5. The fraction of sp³-hybridized carbons (Fsp3) is 0.529. The molecule has 2 aliphatic heterocycles. The molecule has 1 N–H and O–H groups in total. The molecule has 0 aliphatic carbocycles. The van der Waals surface area contributed by atoms with Crippen molar-refractivity contribution in [1.82, 2.24) is 14.8 Å². The maximum absolute atomic E-state index is 13.1. The van der Waals surface area contributed by atoms with E-state index in [1.165, 1.54) is 38.9 Å². The molecule has 2 unspecified atom stereocenters. The van der Waals surface area contributed by atoms with Crippen molar-refractivity contribution in [3.05, 3.63) is 65.4 Å². The first-order chi connectivity index (χ1) is 18.6. The number of nitrogens with zero attached hydrogens (tertiary/aromatic N) is 2. The van der Waals surface area contributed by atoms with Crippen LogP contribution in [-0.4, -0.2) is 53.3 Å². The van der Waals surface area contributed by atoms with Crippen LogP contribution in [0.15, 0.2) is 48.6 Å². The van der Waals surface area contributed by atoms with E-state index in [4.69, 9.17) is 0 Å². The number of benzene rings is 1. The lowest BCUT2D eigenvalue weighted by molar-refractivity contribution is -0.145. The number of allylic oxidation sites excluding steroid dienone is 5. The molecular weight excluding hydrogens is 482 g/mol. The van der Waals surface area contributed by atoms with E-state index in [0.717, 1.165) is 38.8 Å². The molecule has 2 atom stereocenters. The number of piperidine rings is 2. The molecule has 2 aliphatic rings. The van der Waals surface area contributed by atoms with Gasteiger partial charge in [0.2, 0.25) is 11.8 Å². The SMILES string of the molecule is C=C/C=C(\C=C(\C)C(C)CC)c1[nH]c2ccc(C3CCN(C(=O)C4CCN(C)C(=O)C4)CC3)cc2c1C(C)C. The number of rotatable bonds is 8. The Morgan fingerprint density at radius 1 is 1.15 bits per heavy atom. The Balaban J connectivity index is 1.56. The van der Waals surface area contributed by atoms with Crippen molar-refractivity contribution >= 4 is 28.3 Å². The summed E-state index contributed by atoms with van der Waals surface area (Å²) in [5, 5.41) is 1.30. The highest BCUT2D eigenvalue weighted by Crippen LogP contribution is 2.38. The molecule has 3 heterocycles. The maximum Gasteiger partial charge on any atom is 0.226 e. The molecular formula is C34H47N3O2. The van der Waals surface area contributed by atoms with Gasteiger partial charge in [0.15, 0.2) is 0 Å². The highest BCUT2D eigenvalue weighted by atomic mass is 16.2. The van der Waals surface area contributed by atoms with Crippen molar-refractivity contribution in [2.24, 2.45) is 11.8 Å². The summed E-state index contributed by atoms with van der Waals surface area (Å²) in [7, 11) is 1.82. The number of aromatic amines is 1. The first-order valence-electron chi connectivity index (χ1n) is 14.8. The van der Waals surface area contributed by atoms with Crippen molar-refractivity contribution in [1.29, 1.82) is 0 Å². The van der Waals surface area contributed by atoms with E-state index in [1.807, 2.05) is 18.0 Å². The van der Waals surface area contributed by atoms with Crippen molar-refractivity contribution in [3.63, 3.8) is 0 Å². The van der Waals surface area contributed by atoms with Gasteiger partial charge in [0.25, 0.3) is 0 Å². The number of hydrogen-bond acceptors (Lipinski definition) is 2. The van der Waals surface area contributed by atoms with Gasteiger partial charge in [-0.2, -0.15) is 0 Å². The molecule has 2 amide bonds. The van der Waals surface area contributed by atoms with E-state index < -0.39 is 0 Å². The van der Waals surface area contributed by atoms with Crippen LogP contribution in [0.5, 0.6) is 0 Å². The number of H-pyrrole nitrogens is 1. The minimum absolute atomic E-state index is 0.0891. The third kappa shape index (κ3) is 6.23. The van der Waals surface area contributed by atoms with Gasteiger partial charge in [-0.3, -0.25) is 9.59 Å². The van der Waals surface area contributed by atoms with Crippen LogP contribution < -0.4 is 0 Å². The lowest BCUT2D eigenvalue weighted by atomic mass is 9.86. The Labute approximate surface area is 235 Å². The number of carbonyl (C=O) groups is 2. The van der Waals surface area contributed by atoms with Crippen LogP contribution in [0.25, 0.3) is 16.5 Å². The third-order valence-corrected chi connectivity index (χ3v) is 9.09. The van der Waals surface area contributed by atoms with Gasteiger partial charge < -0.3 is 14.8 Å². The summed E-state index contributed by atoms with van der Waals surface area (Å²) in [6.07, 6.45) is 10.5. The molecule has 39 heavy (non-hydrogen) atoms. The zero-order valence-electron chi connectivity index (χ0n) is 24.8. The van der Waals surface area contributed by atoms with Gasteiger partial charge in [-0.05, 0) is 79.2 Å². The zero-order chi connectivity index (χ0) is 28.3. The molecule has 1 aromatic carbocycles. The summed E-state index contributed by atoms with van der Waals surface area (Å²) in [4.78, 5) is 32.8. The monoisotopic (exact) mass is 529 g/mol. The van der Waals surface area contributed by atoms with Gasteiger partial charge in [-0.1, -0.05) is 64.1 Å². The highest BCUT2D eigenvalue weighted by molar-refractivity contribution is 5.92. The van der Waals surface area contributed by atoms with E-state index in [-0.39, 0.29) is 17.7 Å². The van der Waals surface area contributed by atoms with Gasteiger partial charge >= 0.3 is 0 Å². The molecule has 5 heteroatoms. The summed E-state index contributed by atoms with van der Waals surface area (Å²) in [5.41, 5.74) is 7.63. The molecule has 5 nitrogen and oxygen atoms in total. The predicted molar refractivity (Wildman–Crippen MR) is 163 cm³/mol. The number of likely N-dealkylation sites (tertiary alicyclic amines) is 2. The fourth-order valence-electron chi connectivity index (χ4n) is 6.20. The van der Waals surface area contributed by atoms with E-state index in [2.05, 4.69) is 76.5 Å². The Bertz CT molecular complexity index is 1270. The minimum Gasteiger partial charge on any atom is -0.354 e. The molecule has 0 saturated carbocycles. The van der Waals surface area contributed by atoms with E-state index in [9.17, 15) is 9.59 Å². The lowest BCUT2D eigenvalue weighted by Gasteiger charge is -2.36. The molecule has 210 valence electrons. The number of carbonyl (C=O) groups excluding carboxylic acids is 2. The summed E-state index contributed by atoms with van der Waals surface area (Å²) < 4.78 is 0. The molecule has 0 bridgehead atoms. The molecule has 0 radical (unpaired) electrons.